The van der Waals surface area contributed by atoms with Gasteiger partial charge in [-0.25, -0.2) is 13.8 Å². The van der Waals surface area contributed by atoms with Crippen molar-refractivity contribution in [1.82, 2.24) is 9.88 Å². The van der Waals surface area contributed by atoms with Gasteiger partial charge in [0.1, 0.15) is 23.1 Å². The van der Waals surface area contributed by atoms with Gasteiger partial charge in [-0.1, -0.05) is 18.2 Å². The molecule has 3 aromatic rings. The Kier molecular flexibility index (Phi) is 4.15. The molecule has 2 amide bonds. The number of anilines is 1. The van der Waals surface area contributed by atoms with E-state index in [1.54, 1.807) is 6.07 Å². The first-order valence-electron chi connectivity index (χ1n) is 8.10. The predicted octanol–water partition coefficient (Wildman–Crippen LogP) is 3.36. The Labute approximate surface area is 152 Å². The Bertz CT molecular complexity index is 1020. The van der Waals surface area contributed by atoms with Gasteiger partial charge in [0.05, 0.1) is 18.8 Å². The molecule has 8 heteroatoms. The number of nitrogens with zero attached hydrogens (tertiary/aromatic N) is 2. The summed E-state index contributed by atoms with van der Waals surface area (Å²) in [4.78, 5) is 30.2. The van der Waals surface area contributed by atoms with Crippen LogP contribution in [0.15, 0.2) is 52.9 Å². The summed E-state index contributed by atoms with van der Waals surface area (Å²) in [7, 11) is 0. The van der Waals surface area contributed by atoms with E-state index >= 15 is 0 Å². The first-order chi connectivity index (χ1) is 13.0. The van der Waals surface area contributed by atoms with Crippen molar-refractivity contribution in [2.75, 3.05) is 5.32 Å². The SMILES string of the molecule is O=C(Nc1ccccc1F)c1nc2c(o1)CN(C(=O)c1cccc(F)c1)C2. The van der Waals surface area contributed by atoms with Crippen molar-refractivity contribution in [2.24, 2.45) is 0 Å². The maximum absolute atomic E-state index is 13.6. The number of benzene rings is 2. The minimum Gasteiger partial charge on any atom is -0.435 e. The molecule has 6 nitrogen and oxygen atoms in total. The van der Waals surface area contributed by atoms with Crippen LogP contribution in [-0.4, -0.2) is 21.7 Å². The van der Waals surface area contributed by atoms with Crippen molar-refractivity contribution < 1.29 is 22.8 Å². The van der Waals surface area contributed by atoms with Crippen molar-refractivity contribution in [2.45, 2.75) is 13.1 Å². The number of aromatic nitrogens is 1. The monoisotopic (exact) mass is 369 g/mol. The summed E-state index contributed by atoms with van der Waals surface area (Å²) in [5, 5.41) is 2.39. The standard InChI is InChI=1S/C19H13F2N3O3/c20-12-5-3-4-11(8-12)19(26)24-9-15-16(10-24)27-18(23-15)17(25)22-14-7-2-1-6-13(14)21/h1-8H,9-10H2,(H,22,25). The smallest absolute Gasteiger partial charge is 0.311 e. The van der Waals surface area contributed by atoms with Gasteiger partial charge in [-0.3, -0.25) is 9.59 Å². The van der Waals surface area contributed by atoms with E-state index in [9.17, 15) is 18.4 Å². The summed E-state index contributed by atoms with van der Waals surface area (Å²) in [6.45, 7) is 0.256. The van der Waals surface area contributed by atoms with Crippen LogP contribution in [0, 0.1) is 11.6 Å². The van der Waals surface area contributed by atoms with Gasteiger partial charge in [-0.15, -0.1) is 0 Å². The van der Waals surface area contributed by atoms with Crippen LogP contribution in [0.3, 0.4) is 0 Å². The zero-order chi connectivity index (χ0) is 19.0. The number of hydrogen-bond acceptors (Lipinski definition) is 4. The van der Waals surface area contributed by atoms with Gasteiger partial charge in [-0.05, 0) is 30.3 Å². The highest BCUT2D eigenvalue weighted by atomic mass is 19.1. The zero-order valence-corrected chi connectivity index (χ0v) is 13.9. The van der Waals surface area contributed by atoms with Crippen LogP contribution in [0.1, 0.15) is 32.5 Å². The fourth-order valence-corrected chi connectivity index (χ4v) is 2.82. The molecular formula is C19H13F2N3O3. The van der Waals surface area contributed by atoms with E-state index in [4.69, 9.17) is 4.42 Å². The minimum atomic E-state index is -0.683. The third-order valence-electron chi connectivity index (χ3n) is 4.13. The number of oxazole rings is 1. The average Bonchev–Trinajstić information content (AvgIpc) is 3.22. The molecule has 2 aromatic carbocycles. The molecule has 1 N–H and O–H groups in total. The van der Waals surface area contributed by atoms with E-state index in [0.717, 1.165) is 6.07 Å². The normalized spacial score (nSPS) is 12.7. The molecule has 27 heavy (non-hydrogen) atoms. The summed E-state index contributed by atoms with van der Waals surface area (Å²) < 4.78 is 32.3. The molecule has 0 spiro atoms. The van der Waals surface area contributed by atoms with Gasteiger partial charge in [0, 0.05) is 5.56 Å². The molecule has 136 valence electrons. The van der Waals surface area contributed by atoms with E-state index in [1.807, 2.05) is 0 Å². The average molecular weight is 369 g/mol. The number of halogens is 2. The third kappa shape index (κ3) is 3.29. The van der Waals surface area contributed by atoms with Gasteiger partial charge in [0.2, 0.25) is 0 Å². The van der Waals surface area contributed by atoms with Gasteiger partial charge >= 0.3 is 5.91 Å². The quantitative estimate of drug-likeness (QED) is 0.768. The van der Waals surface area contributed by atoms with Crippen LogP contribution in [0.2, 0.25) is 0 Å². The molecule has 0 fully saturated rings. The molecule has 1 aromatic heterocycles. The summed E-state index contributed by atoms with van der Waals surface area (Å²) in [5.41, 5.74) is 0.680. The van der Waals surface area contributed by atoms with E-state index in [0.29, 0.717) is 11.5 Å². The zero-order valence-electron chi connectivity index (χ0n) is 13.9. The summed E-state index contributed by atoms with van der Waals surface area (Å²) >= 11 is 0. The van der Waals surface area contributed by atoms with Crippen molar-refractivity contribution in [3.8, 4) is 0 Å². The first-order valence-corrected chi connectivity index (χ1v) is 8.10. The molecule has 0 saturated heterocycles. The second-order valence-electron chi connectivity index (χ2n) is 5.99. The number of rotatable bonds is 3. The lowest BCUT2D eigenvalue weighted by molar-refractivity contribution is 0.0741. The number of carbonyl (C=O) groups excluding carboxylic acids is 2. The Hall–Kier alpha value is -3.55. The van der Waals surface area contributed by atoms with Gasteiger partial charge < -0.3 is 14.6 Å². The molecule has 0 radical (unpaired) electrons. The lowest BCUT2D eigenvalue weighted by Crippen LogP contribution is -2.26. The Morgan fingerprint density at radius 1 is 1.07 bits per heavy atom. The fourth-order valence-electron chi connectivity index (χ4n) is 2.82. The van der Waals surface area contributed by atoms with Crippen LogP contribution in [0.25, 0.3) is 0 Å². The molecule has 0 bridgehead atoms. The Morgan fingerprint density at radius 2 is 1.89 bits per heavy atom. The molecule has 2 heterocycles. The van der Waals surface area contributed by atoms with Gasteiger partial charge in [-0.2, -0.15) is 0 Å². The summed E-state index contributed by atoms with van der Waals surface area (Å²) in [6.07, 6.45) is 0. The molecule has 0 unspecified atom stereocenters. The maximum atomic E-state index is 13.6. The second-order valence-corrected chi connectivity index (χ2v) is 5.99. The highest BCUT2D eigenvalue weighted by molar-refractivity contribution is 6.01. The van der Waals surface area contributed by atoms with Crippen molar-refractivity contribution in [1.29, 1.82) is 0 Å². The largest absolute Gasteiger partial charge is 0.435 e. The fraction of sp³-hybridized carbons (Fsp3) is 0.105. The number of nitrogens with one attached hydrogen (secondary N) is 1. The lowest BCUT2D eigenvalue weighted by Gasteiger charge is -2.15. The highest BCUT2D eigenvalue weighted by Crippen LogP contribution is 2.25. The van der Waals surface area contributed by atoms with Crippen molar-refractivity contribution in [3.63, 3.8) is 0 Å². The van der Waals surface area contributed by atoms with E-state index in [1.165, 1.54) is 41.3 Å². The maximum Gasteiger partial charge on any atom is 0.311 e. The van der Waals surface area contributed by atoms with Crippen molar-refractivity contribution in [3.05, 3.63) is 83.1 Å². The number of fused-ring (bicyclic) bond motifs is 1. The van der Waals surface area contributed by atoms with Crippen LogP contribution >= 0.6 is 0 Å². The van der Waals surface area contributed by atoms with Crippen molar-refractivity contribution >= 4 is 17.5 Å². The first kappa shape index (κ1) is 16.9. The number of carbonyl (C=O) groups is 2. The molecule has 1 aliphatic rings. The van der Waals surface area contributed by atoms with Crippen LogP contribution in [-0.2, 0) is 13.1 Å². The predicted molar refractivity (Wildman–Crippen MR) is 90.8 cm³/mol. The number of hydrogen-bond donors (Lipinski definition) is 1. The molecule has 0 saturated carbocycles. The molecular weight excluding hydrogens is 356 g/mol. The minimum absolute atomic E-state index is 0.0174. The summed E-state index contributed by atoms with van der Waals surface area (Å²) in [5.74, 6) is -1.95. The van der Waals surface area contributed by atoms with E-state index < -0.39 is 17.5 Å². The highest BCUT2D eigenvalue weighted by Gasteiger charge is 2.31. The van der Waals surface area contributed by atoms with Crippen LogP contribution in [0.5, 0.6) is 0 Å². The lowest BCUT2D eigenvalue weighted by atomic mass is 10.2. The molecule has 4 rings (SSSR count). The van der Waals surface area contributed by atoms with Gasteiger partial charge in [0.25, 0.3) is 11.8 Å². The third-order valence-corrected chi connectivity index (χ3v) is 4.13. The van der Waals surface area contributed by atoms with E-state index in [-0.39, 0.29) is 36.1 Å². The Balaban J connectivity index is 1.46. The number of amides is 2. The molecule has 1 aliphatic heterocycles. The van der Waals surface area contributed by atoms with Gasteiger partial charge in [0.15, 0.2) is 0 Å². The summed E-state index contributed by atoms with van der Waals surface area (Å²) in [6, 6.07) is 11.1. The topological polar surface area (TPSA) is 75.4 Å². The van der Waals surface area contributed by atoms with Crippen LogP contribution < -0.4 is 5.32 Å². The van der Waals surface area contributed by atoms with E-state index in [2.05, 4.69) is 10.3 Å². The number of para-hydroxylation sites is 1. The van der Waals surface area contributed by atoms with Crippen LogP contribution in [0.4, 0.5) is 14.5 Å². The Morgan fingerprint density at radius 3 is 2.63 bits per heavy atom. The second kappa shape index (κ2) is 6.64. The molecule has 0 atom stereocenters. The molecule has 0 aliphatic carbocycles.